The zero-order valence-electron chi connectivity index (χ0n) is 19.5. The number of hydrogen-bond donors (Lipinski definition) is 1. The van der Waals surface area contributed by atoms with Crippen LogP contribution in [0.15, 0.2) is 88.5 Å². The average Bonchev–Trinajstić information content (AvgIpc) is 2.88. The van der Waals surface area contributed by atoms with Gasteiger partial charge in [-0.05, 0) is 43.0 Å². The number of nitrogens with one attached hydrogen (secondary N) is 1. The summed E-state index contributed by atoms with van der Waals surface area (Å²) in [6.45, 7) is 0.779. The number of benzene rings is 3. The molecule has 0 spiro atoms. The third-order valence-corrected chi connectivity index (χ3v) is 6.03. The first kappa shape index (κ1) is 24.1. The fourth-order valence-electron chi connectivity index (χ4n) is 4.15. The third-order valence-electron chi connectivity index (χ3n) is 6.03. The van der Waals surface area contributed by atoms with Crippen molar-refractivity contribution in [1.29, 1.82) is 0 Å². The number of carbonyl (C=O) groups is 1. The third kappa shape index (κ3) is 5.93. The lowest BCUT2D eigenvalue weighted by atomic mass is 10.1. The van der Waals surface area contributed by atoms with Crippen LogP contribution in [0.3, 0.4) is 0 Å². The molecule has 4 rings (SSSR count). The molecule has 0 aliphatic carbocycles. The minimum absolute atomic E-state index is 0.0239. The molecular weight excluding hydrogens is 445 g/mol. The number of fused-ring (bicyclic) bond motifs is 1. The Balaban J connectivity index is 1.42. The molecule has 180 valence electrons. The largest absolute Gasteiger partial charge is 0.356 e. The van der Waals surface area contributed by atoms with Gasteiger partial charge in [-0.15, -0.1) is 0 Å². The summed E-state index contributed by atoms with van der Waals surface area (Å²) < 4.78 is 16.9. The minimum atomic E-state index is -0.482. The second-order valence-electron chi connectivity index (χ2n) is 8.48. The van der Waals surface area contributed by atoms with Gasteiger partial charge in [0.15, 0.2) is 0 Å². The fraction of sp³-hybridized carbons (Fsp3) is 0.250. The highest BCUT2D eigenvalue weighted by atomic mass is 19.1. The Morgan fingerprint density at radius 1 is 0.829 bits per heavy atom. The van der Waals surface area contributed by atoms with Crippen LogP contribution in [-0.4, -0.2) is 21.6 Å². The normalized spacial score (nSPS) is 11.0. The van der Waals surface area contributed by atoms with Crippen molar-refractivity contribution in [3.63, 3.8) is 0 Å². The number of amides is 1. The Hall–Kier alpha value is -4.00. The van der Waals surface area contributed by atoms with Crippen molar-refractivity contribution in [2.45, 2.75) is 38.8 Å². The fourth-order valence-corrected chi connectivity index (χ4v) is 4.15. The predicted molar refractivity (Wildman–Crippen MR) is 135 cm³/mol. The van der Waals surface area contributed by atoms with E-state index in [1.165, 1.54) is 15.2 Å². The maximum atomic E-state index is 14.3. The zero-order chi connectivity index (χ0) is 24.6. The molecule has 0 fully saturated rings. The van der Waals surface area contributed by atoms with Crippen molar-refractivity contribution >= 4 is 16.8 Å². The summed E-state index contributed by atoms with van der Waals surface area (Å²) in [7, 11) is 0. The van der Waals surface area contributed by atoms with Crippen LogP contribution >= 0.6 is 0 Å². The first-order chi connectivity index (χ1) is 17.0. The number of hydrogen-bond acceptors (Lipinski definition) is 3. The number of unbranched alkanes of at least 4 members (excludes halogenated alkanes) is 1. The van der Waals surface area contributed by atoms with Gasteiger partial charge in [0, 0.05) is 25.1 Å². The highest BCUT2D eigenvalue weighted by Crippen LogP contribution is 2.13. The van der Waals surface area contributed by atoms with Gasteiger partial charge in [-0.1, -0.05) is 60.7 Å². The number of para-hydroxylation sites is 1. The summed E-state index contributed by atoms with van der Waals surface area (Å²) in [5, 5.41) is 3.31. The number of carbonyl (C=O) groups excluding carboxylic acids is 1. The summed E-state index contributed by atoms with van der Waals surface area (Å²) in [6.07, 6.45) is 2.13. The van der Waals surface area contributed by atoms with E-state index in [1.54, 1.807) is 42.5 Å². The molecule has 0 saturated carbocycles. The molecule has 1 amide bonds. The molecule has 0 radical (unpaired) electrons. The quantitative estimate of drug-likeness (QED) is 0.355. The Morgan fingerprint density at radius 3 is 2.34 bits per heavy atom. The molecule has 1 N–H and O–H groups in total. The molecule has 1 heterocycles. The average molecular weight is 474 g/mol. The molecule has 6 nitrogen and oxygen atoms in total. The van der Waals surface area contributed by atoms with Crippen LogP contribution in [0.2, 0.25) is 0 Å². The number of aromatic nitrogens is 2. The molecule has 3 aromatic carbocycles. The molecule has 0 atom stereocenters. The van der Waals surface area contributed by atoms with Gasteiger partial charge >= 0.3 is 5.69 Å². The van der Waals surface area contributed by atoms with Gasteiger partial charge in [0.2, 0.25) is 5.91 Å². The Kier molecular flexibility index (Phi) is 7.88. The van der Waals surface area contributed by atoms with Crippen LogP contribution in [0.25, 0.3) is 10.9 Å². The number of rotatable bonds is 10. The molecule has 1 aromatic heterocycles. The van der Waals surface area contributed by atoms with E-state index in [0.29, 0.717) is 42.3 Å². The van der Waals surface area contributed by atoms with Crippen LogP contribution in [-0.2, 0) is 24.3 Å². The summed E-state index contributed by atoms with van der Waals surface area (Å²) in [5.74, 6) is -0.455. The van der Waals surface area contributed by atoms with Crippen molar-refractivity contribution in [1.82, 2.24) is 14.5 Å². The van der Waals surface area contributed by atoms with E-state index >= 15 is 0 Å². The molecule has 4 aromatic rings. The van der Waals surface area contributed by atoms with E-state index in [1.807, 2.05) is 30.3 Å². The molecule has 0 unspecified atom stereocenters. The van der Waals surface area contributed by atoms with Crippen molar-refractivity contribution in [2.24, 2.45) is 0 Å². The van der Waals surface area contributed by atoms with Crippen molar-refractivity contribution in [2.75, 3.05) is 6.54 Å². The standard InChI is InChI=1S/C28H28FN3O3/c29-24-14-6-4-12-22(24)20-32-25-15-7-5-13-23(25)27(34)31(28(32)35)19-9-8-16-26(33)30-18-17-21-10-2-1-3-11-21/h1-7,10-15H,8-9,16-20H2,(H,30,33). The smallest absolute Gasteiger partial charge is 0.331 e. The van der Waals surface area contributed by atoms with Gasteiger partial charge in [0.1, 0.15) is 5.82 Å². The molecule has 0 saturated heterocycles. The highest BCUT2D eigenvalue weighted by molar-refractivity contribution is 5.78. The number of halogens is 1. The van der Waals surface area contributed by atoms with Crippen LogP contribution < -0.4 is 16.6 Å². The number of nitrogens with zero attached hydrogens (tertiary/aromatic N) is 2. The Bertz CT molecular complexity index is 1430. The van der Waals surface area contributed by atoms with Crippen molar-refractivity contribution < 1.29 is 9.18 Å². The monoisotopic (exact) mass is 473 g/mol. The lowest BCUT2D eigenvalue weighted by Crippen LogP contribution is -2.40. The topological polar surface area (TPSA) is 73.1 Å². The molecule has 0 aliphatic heterocycles. The van der Waals surface area contributed by atoms with E-state index in [0.717, 1.165) is 12.0 Å². The van der Waals surface area contributed by atoms with Gasteiger partial charge in [-0.2, -0.15) is 0 Å². The first-order valence-electron chi connectivity index (χ1n) is 11.8. The lowest BCUT2D eigenvalue weighted by Gasteiger charge is -2.14. The van der Waals surface area contributed by atoms with Gasteiger partial charge in [0.25, 0.3) is 5.56 Å². The summed E-state index contributed by atoms with van der Waals surface area (Å²) in [6, 6.07) is 23.1. The maximum absolute atomic E-state index is 14.3. The maximum Gasteiger partial charge on any atom is 0.331 e. The molecule has 35 heavy (non-hydrogen) atoms. The van der Waals surface area contributed by atoms with E-state index in [4.69, 9.17) is 0 Å². The van der Waals surface area contributed by atoms with Crippen LogP contribution in [0, 0.1) is 5.82 Å². The minimum Gasteiger partial charge on any atom is -0.356 e. The summed E-state index contributed by atoms with van der Waals surface area (Å²) >= 11 is 0. The van der Waals surface area contributed by atoms with Crippen molar-refractivity contribution in [3.05, 3.63) is 117 Å². The first-order valence-corrected chi connectivity index (χ1v) is 11.8. The zero-order valence-corrected chi connectivity index (χ0v) is 19.5. The highest BCUT2D eigenvalue weighted by Gasteiger charge is 2.14. The molecule has 7 heteroatoms. The van der Waals surface area contributed by atoms with Crippen molar-refractivity contribution in [3.8, 4) is 0 Å². The van der Waals surface area contributed by atoms with E-state index < -0.39 is 11.5 Å². The van der Waals surface area contributed by atoms with E-state index in [9.17, 15) is 18.8 Å². The second kappa shape index (κ2) is 11.4. The van der Waals surface area contributed by atoms with Crippen LogP contribution in [0.5, 0.6) is 0 Å². The van der Waals surface area contributed by atoms with Gasteiger partial charge in [0.05, 0.1) is 17.4 Å². The second-order valence-corrected chi connectivity index (χ2v) is 8.48. The summed E-state index contributed by atoms with van der Waals surface area (Å²) in [5.41, 5.74) is 1.15. The molecule has 0 bridgehead atoms. The Labute approximate surface area is 202 Å². The van der Waals surface area contributed by atoms with Gasteiger partial charge in [-0.25, -0.2) is 9.18 Å². The Morgan fingerprint density at radius 2 is 1.54 bits per heavy atom. The molecule has 0 aliphatic rings. The van der Waals surface area contributed by atoms with Crippen LogP contribution in [0.4, 0.5) is 4.39 Å². The molecular formula is C28H28FN3O3. The lowest BCUT2D eigenvalue weighted by molar-refractivity contribution is -0.121. The van der Waals surface area contributed by atoms with E-state index in [-0.39, 0.29) is 24.6 Å². The van der Waals surface area contributed by atoms with Crippen LogP contribution in [0.1, 0.15) is 30.4 Å². The predicted octanol–water partition coefficient (Wildman–Crippen LogP) is 3.88. The van der Waals surface area contributed by atoms with Gasteiger partial charge < -0.3 is 5.32 Å². The van der Waals surface area contributed by atoms with E-state index in [2.05, 4.69) is 5.32 Å². The SMILES string of the molecule is O=C(CCCCn1c(=O)c2ccccc2n(Cc2ccccc2F)c1=O)NCCc1ccccc1. The summed E-state index contributed by atoms with van der Waals surface area (Å²) in [4.78, 5) is 38.4. The van der Waals surface area contributed by atoms with Gasteiger partial charge in [-0.3, -0.25) is 18.7 Å².